The van der Waals surface area contributed by atoms with E-state index in [0.29, 0.717) is 0 Å². The van der Waals surface area contributed by atoms with Gasteiger partial charge in [0, 0.05) is 0 Å². The van der Waals surface area contributed by atoms with Crippen LogP contribution in [-0.2, 0) is 6.42 Å². The van der Waals surface area contributed by atoms with Crippen LogP contribution in [0.15, 0.2) is 30.8 Å². The average Bonchev–Trinajstić information content (AvgIpc) is 2.59. The van der Waals surface area contributed by atoms with Gasteiger partial charge >= 0.3 is 0 Å². The van der Waals surface area contributed by atoms with Crippen molar-refractivity contribution in [2.75, 3.05) is 13.1 Å². The number of unbranched alkanes of at least 4 members (excludes halogenated alkanes) is 9. The molecule has 1 heteroatoms. The van der Waals surface area contributed by atoms with Crippen molar-refractivity contribution in [2.45, 2.75) is 77.6 Å². The average molecular weight is 316 g/mol. The molecule has 0 aliphatic carbocycles. The Morgan fingerprint density at radius 2 is 1.35 bits per heavy atom. The SMILES string of the molecule is C=Cc1ccc(CCNCCCCCCCCCCCC)cc1. The van der Waals surface area contributed by atoms with E-state index in [4.69, 9.17) is 0 Å². The van der Waals surface area contributed by atoms with Crippen molar-refractivity contribution in [3.63, 3.8) is 0 Å². The summed E-state index contributed by atoms with van der Waals surface area (Å²) in [5, 5.41) is 3.57. The number of rotatable bonds is 15. The van der Waals surface area contributed by atoms with Crippen molar-refractivity contribution in [1.82, 2.24) is 5.32 Å². The zero-order valence-electron chi connectivity index (χ0n) is 15.3. The summed E-state index contributed by atoms with van der Waals surface area (Å²) >= 11 is 0. The predicted octanol–water partition coefficient (Wildman–Crippen LogP) is 6.38. The van der Waals surface area contributed by atoms with Crippen LogP contribution < -0.4 is 5.32 Å². The molecule has 23 heavy (non-hydrogen) atoms. The summed E-state index contributed by atoms with van der Waals surface area (Å²) in [6.07, 6.45) is 17.1. The standard InChI is InChI=1S/C22H37N/c1-3-5-6-7-8-9-10-11-12-13-19-23-20-18-22-16-14-21(4-2)15-17-22/h4,14-17,23H,2-3,5-13,18-20H2,1H3. The molecule has 1 aromatic carbocycles. The number of hydrogen-bond donors (Lipinski definition) is 1. The van der Waals surface area contributed by atoms with Gasteiger partial charge in [0.15, 0.2) is 0 Å². The van der Waals surface area contributed by atoms with E-state index in [9.17, 15) is 0 Å². The van der Waals surface area contributed by atoms with Gasteiger partial charge in [0.25, 0.3) is 0 Å². The Morgan fingerprint density at radius 3 is 1.91 bits per heavy atom. The first kappa shape index (κ1) is 20.0. The minimum atomic E-state index is 1.09. The molecule has 0 heterocycles. The molecule has 0 saturated carbocycles. The van der Waals surface area contributed by atoms with Crippen LogP contribution in [0.1, 0.15) is 82.3 Å². The van der Waals surface area contributed by atoms with E-state index in [1.54, 1.807) is 0 Å². The molecule has 0 aliphatic heterocycles. The predicted molar refractivity (Wildman–Crippen MR) is 105 cm³/mol. The molecule has 1 nitrogen and oxygen atoms in total. The van der Waals surface area contributed by atoms with E-state index in [1.807, 2.05) is 6.08 Å². The highest BCUT2D eigenvalue weighted by Crippen LogP contribution is 2.10. The molecule has 130 valence electrons. The summed E-state index contributed by atoms with van der Waals surface area (Å²) < 4.78 is 0. The highest BCUT2D eigenvalue weighted by Gasteiger charge is 1.95. The Hall–Kier alpha value is -1.08. The van der Waals surface area contributed by atoms with Crippen LogP contribution in [0.2, 0.25) is 0 Å². The summed E-state index contributed by atoms with van der Waals surface area (Å²) in [4.78, 5) is 0. The van der Waals surface area contributed by atoms with E-state index in [2.05, 4.69) is 43.1 Å². The minimum absolute atomic E-state index is 1.09. The smallest absolute Gasteiger partial charge is 0.000835 e. The van der Waals surface area contributed by atoms with Crippen LogP contribution in [0.3, 0.4) is 0 Å². The maximum absolute atomic E-state index is 3.79. The van der Waals surface area contributed by atoms with Crippen molar-refractivity contribution in [1.29, 1.82) is 0 Å². The maximum atomic E-state index is 3.79. The number of hydrogen-bond acceptors (Lipinski definition) is 1. The van der Waals surface area contributed by atoms with E-state index >= 15 is 0 Å². The summed E-state index contributed by atoms with van der Waals surface area (Å²) in [6.45, 7) is 8.33. The third kappa shape index (κ3) is 11.1. The number of benzene rings is 1. The Morgan fingerprint density at radius 1 is 0.783 bits per heavy atom. The Labute approximate surface area is 144 Å². The molecule has 0 aliphatic rings. The fraction of sp³-hybridized carbons (Fsp3) is 0.636. The molecule has 0 amide bonds. The largest absolute Gasteiger partial charge is 0.316 e. The van der Waals surface area contributed by atoms with Gasteiger partial charge < -0.3 is 5.32 Å². The molecule has 0 saturated heterocycles. The fourth-order valence-electron chi connectivity index (χ4n) is 2.92. The van der Waals surface area contributed by atoms with Crippen LogP contribution in [0.25, 0.3) is 6.08 Å². The zero-order chi connectivity index (χ0) is 16.6. The van der Waals surface area contributed by atoms with Gasteiger partial charge in [-0.05, 0) is 37.1 Å². The van der Waals surface area contributed by atoms with Crippen LogP contribution in [0, 0.1) is 0 Å². The molecular formula is C22H37N. The molecule has 0 fully saturated rings. The molecule has 0 aromatic heterocycles. The van der Waals surface area contributed by atoms with Crippen molar-refractivity contribution in [3.05, 3.63) is 42.0 Å². The van der Waals surface area contributed by atoms with E-state index in [-0.39, 0.29) is 0 Å². The lowest BCUT2D eigenvalue weighted by molar-refractivity contribution is 0.544. The normalized spacial score (nSPS) is 10.8. The van der Waals surface area contributed by atoms with Gasteiger partial charge in [0.05, 0.1) is 0 Å². The van der Waals surface area contributed by atoms with Gasteiger partial charge in [0.1, 0.15) is 0 Å². The molecule has 0 radical (unpaired) electrons. The fourth-order valence-corrected chi connectivity index (χ4v) is 2.92. The Kier molecular flexibility index (Phi) is 12.6. The Balaban J connectivity index is 1.83. The maximum Gasteiger partial charge on any atom is -0.000835 e. The van der Waals surface area contributed by atoms with E-state index in [0.717, 1.165) is 13.0 Å². The summed E-state index contributed by atoms with van der Waals surface area (Å²) in [5.74, 6) is 0. The van der Waals surface area contributed by atoms with Gasteiger partial charge in [-0.3, -0.25) is 0 Å². The van der Waals surface area contributed by atoms with Gasteiger partial charge in [-0.2, -0.15) is 0 Å². The first-order valence-corrected chi connectivity index (χ1v) is 9.79. The van der Waals surface area contributed by atoms with Gasteiger partial charge in [-0.25, -0.2) is 0 Å². The van der Waals surface area contributed by atoms with Crippen molar-refractivity contribution < 1.29 is 0 Å². The summed E-state index contributed by atoms with van der Waals surface area (Å²) in [7, 11) is 0. The molecule has 1 rings (SSSR count). The molecule has 0 atom stereocenters. The zero-order valence-corrected chi connectivity index (χ0v) is 15.3. The first-order valence-electron chi connectivity index (χ1n) is 9.79. The summed E-state index contributed by atoms with van der Waals surface area (Å²) in [5.41, 5.74) is 2.61. The van der Waals surface area contributed by atoms with Crippen molar-refractivity contribution in [2.24, 2.45) is 0 Å². The second-order valence-electron chi connectivity index (χ2n) is 6.63. The third-order valence-electron chi connectivity index (χ3n) is 4.51. The topological polar surface area (TPSA) is 12.0 Å². The van der Waals surface area contributed by atoms with Gasteiger partial charge in [-0.1, -0.05) is 102 Å². The lowest BCUT2D eigenvalue weighted by Gasteiger charge is -2.06. The lowest BCUT2D eigenvalue weighted by Crippen LogP contribution is -2.18. The van der Waals surface area contributed by atoms with Gasteiger partial charge in [0.2, 0.25) is 0 Å². The molecule has 1 N–H and O–H groups in total. The lowest BCUT2D eigenvalue weighted by atomic mass is 10.1. The van der Waals surface area contributed by atoms with E-state index in [1.165, 1.54) is 81.9 Å². The highest BCUT2D eigenvalue weighted by atomic mass is 14.8. The molecular weight excluding hydrogens is 278 g/mol. The Bertz CT molecular complexity index is 379. The van der Waals surface area contributed by atoms with Crippen LogP contribution >= 0.6 is 0 Å². The van der Waals surface area contributed by atoms with Gasteiger partial charge in [-0.15, -0.1) is 0 Å². The third-order valence-corrected chi connectivity index (χ3v) is 4.51. The monoisotopic (exact) mass is 315 g/mol. The first-order chi connectivity index (χ1) is 11.4. The van der Waals surface area contributed by atoms with Crippen LogP contribution in [0.4, 0.5) is 0 Å². The summed E-state index contributed by atoms with van der Waals surface area (Å²) in [6, 6.07) is 8.70. The molecule has 0 bridgehead atoms. The highest BCUT2D eigenvalue weighted by molar-refractivity contribution is 5.47. The van der Waals surface area contributed by atoms with Crippen molar-refractivity contribution in [3.8, 4) is 0 Å². The van der Waals surface area contributed by atoms with E-state index < -0.39 is 0 Å². The quantitative estimate of drug-likeness (QED) is 0.370. The second kappa shape index (κ2) is 14.5. The number of nitrogens with one attached hydrogen (secondary N) is 1. The molecule has 1 aromatic rings. The second-order valence-corrected chi connectivity index (χ2v) is 6.63. The minimum Gasteiger partial charge on any atom is -0.316 e. The van der Waals surface area contributed by atoms with Crippen LogP contribution in [0.5, 0.6) is 0 Å². The van der Waals surface area contributed by atoms with Crippen LogP contribution in [-0.4, -0.2) is 13.1 Å². The molecule has 0 unspecified atom stereocenters. The molecule has 0 spiro atoms. The van der Waals surface area contributed by atoms with Crippen molar-refractivity contribution >= 4 is 6.08 Å².